The molecule has 0 aliphatic carbocycles. The highest BCUT2D eigenvalue weighted by Gasteiger charge is 2.16. The van der Waals surface area contributed by atoms with Crippen molar-refractivity contribution in [1.29, 1.82) is 0 Å². The third-order valence-electron chi connectivity index (χ3n) is 2.73. The zero-order valence-electron chi connectivity index (χ0n) is 10.5. The van der Waals surface area contributed by atoms with Gasteiger partial charge in [-0.05, 0) is 57.3 Å². The number of hydrogen-bond acceptors (Lipinski definition) is 5. The Bertz CT molecular complexity index is 646. The fourth-order valence-electron chi connectivity index (χ4n) is 1.67. The lowest BCUT2D eigenvalue weighted by atomic mass is 10.2. The van der Waals surface area contributed by atoms with Crippen LogP contribution in [-0.2, 0) is 6.42 Å². The van der Waals surface area contributed by atoms with Crippen molar-refractivity contribution in [3.05, 3.63) is 47.1 Å². The molecule has 8 heteroatoms. The maximum Gasteiger partial charge on any atom is 0.291 e. The van der Waals surface area contributed by atoms with E-state index >= 15 is 0 Å². The van der Waals surface area contributed by atoms with Crippen molar-refractivity contribution in [2.45, 2.75) is 13.3 Å². The van der Waals surface area contributed by atoms with Gasteiger partial charge in [-0.3, -0.25) is 10.1 Å². The van der Waals surface area contributed by atoms with Crippen LogP contribution in [0.25, 0.3) is 0 Å². The van der Waals surface area contributed by atoms with Crippen molar-refractivity contribution >= 4 is 54.7 Å². The molecule has 20 heavy (non-hydrogen) atoms. The Kier molecular flexibility index (Phi) is 5.11. The molecule has 0 radical (unpaired) electrons. The lowest BCUT2D eigenvalue weighted by Crippen LogP contribution is -2.07. The Morgan fingerprint density at radius 3 is 2.80 bits per heavy atom. The molecule has 0 aromatic carbocycles. The minimum atomic E-state index is -0.431. The molecule has 0 atom stereocenters. The SMILES string of the molecule is Cc1c([N+](=O)[O-])cnc(NCCc2ccc(Br)s2)c1Br. The number of pyridine rings is 1. The molecule has 0 spiro atoms. The van der Waals surface area contributed by atoms with Crippen LogP contribution in [-0.4, -0.2) is 16.5 Å². The second kappa shape index (κ2) is 6.64. The molecule has 2 aromatic heterocycles. The Hall–Kier alpha value is -0.990. The monoisotopic (exact) mass is 419 g/mol. The summed E-state index contributed by atoms with van der Waals surface area (Å²) < 4.78 is 1.75. The normalized spacial score (nSPS) is 10.6. The maximum absolute atomic E-state index is 10.8. The molecule has 106 valence electrons. The van der Waals surface area contributed by atoms with Crippen LogP contribution in [0.1, 0.15) is 10.4 Å². The number of thiophene rings is 1. The topological polar surface area (TPSA) is 68.1 Å². The second-order valence-electron chi connectivity index (χ2n) is 4.07. The first kappa shape index (κ1) is 15.4. The molecule has 0 saturated carbocycles. The third kappa shape index (κ3) is 3.56. The van der Waals surface area contributed by atoms with E-state index in [0.717, 1.165) is 16.8 Å². The highest BCUT2D eigenvalue weighted by atomic mass is 79.9. The van der Waals surface area contributed by atoms with E-state index in [4.69, 9.17) is 0 Å². The Morgan fingerprint density at radius 1 is 1.45 bits per heavy atom. The summed E-state index contributed by atoms with van der Waals surface area (Å²) in [5.74, 6) is 0.628. The van der Waals surface area contributed by atoms with E-state index in [1.165, 1.54) is 11.1 Å². The molecule has 5 nitrogen and oxygen atoms in total. The number of nitro groups is 1. The van der Waals surface area contributed by atoms with Crippen LogP contribution in [0.15, 0.2) is 26.6 Å². The Labute approximate surface area is 136 Å². The van der Waals surface area contributed by atoms with Crippen LogP contribution >= 0.6 is 43.2 Å². The quantitative estimate of drug-likeness (QED) is 0.569. The smallest absolute Gasteiger partial charge is 0.291 e. The summed E-state index contributed by atoms with van der Waals surface area (Å²) in [6.07, 6.45) is 2.16. The summed E-state index contributed by atoms with van der Waals surface area (Å²) in [7, 11) is 0. The minimum Gasteiger partial charge on any atom is -0.369 e. The van der Waals surface area contributed by atoms with E-state index in [1.54, 1.807) is 18.3 Å². The summed E-state index contributed by atoms with van der Waals surface area (Å²) in [6.45, 7) is 2.42. The molecular formula is C12H11Br2N3O2S. The van der Waals surface area contributed by atoms with Crippen molar-refractivity contribution in [2.24, 2.45) is 0 Å². The van der Waals surface area contributed by atoms with Gasteiger partial charge in [0.2, 0.25) is 0 Å². The number of nitrogens with zero attached hydrogens (tertiary/aromatic N) is 2. The van der Waals surface area contributed by atoms with E-state index in [1.807, 2.05) is 6.07 Å². The van der Waals surface area contributed by atoms with Gasteiger partial charge in [0, 0.05) is 17.0 Å². The van der Waals surface area contributed by atoms with Gasteiger partial charge in [0.25, 0.3) is 5.69 Å². The zero-order chi connectivity index (χ0) is 14.7. The van der Waals surface area contributed by atoms with Crippen LogP contribution in [0.3, 0.4) is 0 Å². The molecule has 0 bridgehead atoms. The minimum absolute atomic E-state index is 0.0182. The van der Waals surface area contributed by atoms with Gasteiger partial charge in [-0.25, -0.2) is 4.98 Å². The number of halogens is 2. The fraction of sp³-hybridized carbons (Fsp3) is 0.250. The largest absolute Gasteiger partial charge is 0.369 e. The number of anilines is 1. The lowest BCUT2D eigenvalue weighted by Gasteiger charge is -2.08. The van der Waals surface area contributed by atoms with Crippen molar-refractivity contribution in [1.82, 2.24) is 4.98 Å². The van der Waals surface area contributed by atoms with Crippen LogP contribution in [0.2, 0.25) is 0 Å². The Balaban J connectivity index is 2.03. The van der Waals surface area contributed by atoms with Gasteiger partial charge >= 0.3 is 0 Å². The van der Waals surface area contributed by atoms with Gasteiger partial charge < -0.3 is 5.32 Å². The van der Waals surface area contributed by atoms with Crippen LogP contribution in [0.5, 0.6) is 0 Å². The summed E-state index contributed by atoms with van der Waals surface area (Å²) >= 11 is 8.47. The van der Waals surface area contributed by atoms with Crippen molar-refractivity contribution in [3.8, 4) is 0 Å². The first-order valence-electron chi connectivity index (χ1n) is 5.76. The lowest BCUT2D eigenvalue weighted by molar-refractivity contribution is -0.385. The molecule has 0 amide bonds. The number of nitrogens with one attached hydrogen (secondary N) is 1. The molecule has 1 N–H and O–H groups in total. The van der Waals surface area contributed by atoms with E-state index < -0.39 is 4.92 Å². The molecule has 2 aromatic rings. The fourth-order valence-corrected chi connectivity index (χ4v) is 3.60. The predicted molar refractivity (Wildman–Crippen MR) is 87.5 cm³/mol. The van der Waals surface area contributed by atoms with Gasteiger partial charge in [0.15, 0.2) is 0 Å². The van der Waals surface area contributed by atoms with Crippen molar-refractivity contribution in [3.63, 3.8) is 0 Å². The number of rotatable bonds is 5. The first-order chi connectivity index (χ1) is 9.49. The van der Waals surface area contributed by atoms with Crippen LogP contribution in [0.4, 0.5) is 11.5 Å². The summed E-state index contributed by atoms with van der Waals surface area (Å²) in [6, 6.07) is 4.09. The molecule has 0 unspecified atom stereocenters. The zero-order valence-corrected chi connectivity index (χ0v) is 14.5. The highest BCUT2D eigenvalue weighted by Crippen LogP contribution is 2.30. The number of aromatic nitrogens is 1. The molecule has 0 saturated heterocycles. The Morgan fingerprint density at radius 2 is 2.20 bits per heavy atom. The van der Waals surface area contributed by atoms with Gasteiger partial charge in [-0.15, -0.1) is 11.3 Å². The van der Waals surface area contributed by atoms with Crippen LogP contribution < -0.4 is 5.32 Å². The molecule has 0 aliphatic rings. The van der Waals surface area contributed by atoms with E-state index in [0.29, 0.717) is 15.9 Å². The van der Waals surface area contributed by atoms with E-state index in [9.17, 15) is 10.1 Å². The summed E-state index contributed by atoms with van der Waals surface area (Å²) in [4.78, 5) is 15.7. The first-order valence-corrected chi connectivity index (χ1v) is 8.17. The average Bonchev–Trinajstić information content (AvgIpc) is 2.80. The molecular weight excluding hydrogens is 410 g/mol. The average molecular weight is 421 g/mol. The maximum atomic E-state index is 10.8. The van der Waals surface area contributed by atoms with Gasteiger partial charge in [-0.2, -0.15) is 0 Å². The summed E-state index contributed by atoms with van der Waals surface area (Å²) in [5, 5.41) is 14.0. The molecule has 2 heterocycles. The predicted octanol–water partition coefficient (Wildman–Crippen LogP) is 4.54. The van der Waals surface area contributed by atoms with Gasteiger partial charge in [0.05, 0.1) is 13.2 Å². The van der Waals surface area contributed by atoms with Gasteiger partial charge in [-0.1, -0.05) is 0 Å². The van der Waals surface area contributed by atoms with Gasteiger partial charge in [0.1, 0.15) is 12.0 Å². The van der Waals surface area contributed by atoms with Crippen LogP contribution in [0, 0.1) is 17.0 Å². The molecule has 2 rings (SSSR count). The number of hydrogen-bond donors (Lipinski definition) is 1. The van der Waals surface area contributed by atoms with Crippen molar-refractivity contribution < 1.29 is 4.92 Å². The van der Waals surface area contributed by atoms with E-state index in [2.05, 4.69) is 48.2 Å². The van der Waals surface area contributed by atoms with E-state index in [-0.39, 0.29) is 5.69 Å². The molecule has 0 aliphatic heterocycles. The molecule has 0 fully saturated rings. The summed E-state index contributed by atoms with van der Waals surface area (Å²) in [5.41, 5.74) is 0.594. The van der Waals surface area contributed by atoms with Crippen molar-refractivity contribution in [2.75, 3.05) is 11.9 Å². The highest BCUT2D eigenvalue weighted by molar-refractivity contribution is 9.11. The third-order valence-corrected chi connectivity index (χ3v) is 5.38. The standard InChI is InChI=1S/C12H11Br2N3O2S/c1-7-9(17(18)19)6-16-12(11(7)14)15-5-4-8-2-3-10(13)20-8/h2-3,6H,4-5H2,1H3,(H,15,16). The second-order valence-corrected chi connectivity index (χ2v) is 7.41.